The van der Waals surface area contributed by atoms with Crippen molar-refractivity contribution >= 4 is 6.41 Å². The molecule has 1 aliphatic heterocycles. The van der Waals surface area contributed by atoms with Gasteiger partial charge in [-0.15, -0.1) is 0 Å². The molecule has 0 bridgehead atoms. The van der Waals surface area contributed by atoms with Gasteiger partial charge in [0.1, 0.15) is 5.82 Å². The Bertz CT molecular complexity index is 282. The van der Waals surface area contributed by atoms with Crippen LogP contribution in [0, 0.1) is 0 Å². The molecule has 4 nitrogen and oxygen atoms in total. The molecule has 12 heavy (non-hydrogen) atoms. The smallest absolute Gasteiger partial charge is 0.207 e. The minimum atomic E-state index is 0.117. The van der Waals surface area contributed by atoms with Crippen LogP contribution in [0.25, 0.3) is 0 Å². The normalized spacial score (nSPS) is 21.5. The Kier molecular flexibility index (Phi) is 1.81. The molecular weight excluding hydrogens is 154 g/mol. The Labute approximate surface area is 70.6 Å². The fourth-order valence-corrected chi connectivity index (χ4v) is 1.65. The highest BCUT2D eigenvalue weighted by atomic mass is 16.1. The van der Waals surface area contributed by atoms with E-state index in [1.54, 1.807) is 6.20 Å². The van der Waals surface area contributed by atoms with E-state index in [0.717, 1.165) is 31.6 Å². The number of fused-ring (bicyclic) bond motifs is 1. The third kappa shape index (κ3) is 1.09. The molecule has 64 valence electrons. The number of nitrogens with zero attached hydrogens (tertiary/aromatic N) is 2. The molecule has 0 spiro atoms. The monoisotopic (exact) mass is 165 g/mol. The maximum atomic E-state index is 10.3. The standard InChI is InChI=1S/C8H11N3O/c12-6-10-7-2-1-4-11-5-3-9-8(7)11/h3,5-7H,1-2,4H2,(H,10,12). The van der Waals surface area contributed by atoms with Crippen molar-refractivity contribution in [1.29, 1.82) is 0 Å². The molecular formula is C8H11N3O. The molecule has 0 fully saturated rings. The van der Waals surface area contributed by atoms with Gasteiger partial charge in [0.25, 0.3) is 0 Å². The summed E-state index contributed by atoms with van der Waals surface area (Å²) >= 11 is 0. The van der Waals surface area contributed by atoms with E-state index in [2.05, 4.69) is 14.9 Å². The maximum Gasteiger partial charge on any atom is 0.207 e. The zero-order chi connectivity index (χ0) is 8.39. The molecule has 2 heterocycles. The van der Waals surface area contributed by atoms with Crippen LogP contribution >= 0.6 is 0 Å². The average Bonchev–Trinajstić information content (AvgIpc) is 2.53. The van der Waals surface area contributed by atoms with Crippen LogP contribution < -0.4 is 5.32 Å². The van der Waals surface area contributed by atoms with Gasteiger partial charge < -0.3 is 9.88 Å². The van der Waals surface area contributed by atoms with Gasteiger partial charge in [0.15, 0.2) is 0 Å². The summed E-state index contributed by atoms with van der Waals surface area (Å²) in [5.74, 6) is 0.980. The van der Waals surface area contributed by atoms with Crippen LogP contribution in [0.2, 0.25) is 0 Å². The first-order chi connectivity index (χ1) is 5.92. The van der Waals surface area contributed by atoms with E-state index < -0.39 is 0 Å². The van der Waals surface area contributed by atoms with Crippen molar-refractivity contribution in [3.63, 3.8) is 0 Å². The maximum absolute atomic E-state index is 10.3. The second-order valence-electron chi connectivity index (χ2n) is 2.96. The molecule has 1 aromatic heterocycles. The van der Waals surface area contributed by atoms with Gasteiger partial charge in [-0.05, 0) is 12.8 Å². The lowest BCUT2D eigenvalue weighted by Gasteiger charge is -2.22. The quantitative estimate of drug-likeness (QED) is 0.647. The summed E-state index contributed by atoms with van der Waals surface area (Å²) in [4.78, 5) is 14.5. The Balaban J connectivity index is 2.25. The van der Waals surface area contributed by atoms with Crippen LogP contribution in [0.15, 0.2) is 12.4 Å². The lowest BCUT2D eigenvalue weighted by molar-refractivity contribution is -0.110. The van der Waals surface area contributed by atoms with E-state index in [-0.39, 0.29) is 6.04 Å². The first kappa shape index (κ1) is 7.34. The van der Waals surface area contributed by atoms with Crippen molar-refractivity contribution in [2.24, 2.45) is 0 Å². The highest BCUT2D eigenvalue weighted by molar-refractivity contribution is 5.47. The predicted molar refractivity (Wildman–Crippen MR) is 43.4 cm³/mol. The van der Waals surface area contributed by atoms with Crippen LogP contribution in [0.5, 0.6) is 0 Å². The number of nitrogens with one attached hydrogen (secondary N) is 1. The first-order valence-corrected chi connectivity index (χ1v) is 4.12. The predicted octanol–water partition coefficient (Wildman–Crippen LogP) is 0.464. The van der Waals surface area contributed by atoms with Crippen molar-refractivity contribution in [1.82, 2.24) is 14.9 Å². The van der Waals surface area contributed by atoms with E-state index >= 15 is 0 Å². The van der Waals surface area contributed by atoms with Gasteiger partial charge in [-0.25, -0.2) is 4.98 Å². The number of aromatic nitrogens is 2. The number of aryl methyl sites for hydroxylation is 1. The fraction of sp³-hybridized carbons (Fsp3) is 0.500. The third-order valence-corrected chi connectivity index (χ3v) is 2.22. The topological polar surface area (TPSA) is 46.9 Å². The molecule has 0 saturated carbocycles. The van der Waals surface area contributed by atoms with E-state index in [1.165, 1.54) is 0 Å². The Morgan fingerprint density at radius 3 is 3.50 bits per heavy atom. The van der Waals surface area contributed by atoms with Gasteiger partial charge in [0, 0.05) is 18.9 Å². The highest BCUT2D eigenvalue weighted by Gasteiger charge is 2.19. The van der Waals surface area contributed by atoms with Gasteiger partial charge in [-0.1, -0.05) is 0 Å². The number of amides is 1. The first-order valence-electron chi connectivity index (χ1n) is 4.12. The Morgan fingerprint density at radius 2 is 2.67 bits per heavy atom. The molecule has 0 saturated heterocycles. The second kappa shape index (κ2) is 2.97. The van der Waals surface area contributed by atoms with E-state index in [4.69, 9.17) is 0 Å². The molecule has 0 aliphatic carbocycles. The summed E-state index contributed by atoms with van der Waals surface area (Å²) in [6.07, 6.45) is 6.58. The van der Waals surface area contributed by atoms with Gasteiger partial charge in [0.05, 0.1) is 6.04 Å². The van der Waals surface area contributed by atoms with E-state index in [1.807, 2.05) is 6.20 Å². The van der Waals surface area contributed by atoms with Crippen molar-refractivity contribution in [2.75, 3.05) is 0 Å². The van der Waals surface area contributed by atoms with Gasteiger partial charge in [0.2, 0.25) is 6.41 Å². The number of carbonyl (C=O) groups excluding carboxylic acids is 1. The lowest BCUT2D eigenvalue weighted by Crippen LogP contribution is -2.26. The van der Waals surface area contributed by atoms with Crippen LogP contribution in [0.4, 0.5) is 0 Å². The summed E-state index contributed by atoms with van der Waals surface area (Å²) in [7, 11) is 0. The number of carbonyl (C=O) groups is 1. The molecule has 1 aliphatic rings. The number of rotatable bonds is 2. The zero-order valence-electron chi connectivity index (χ0n) is 6.73. The fourth-order valence-electron chi connectivity index (χ4n) is 1.65. The largest absolute Gasteiger partial charge is 0.349 e. The minimum absolute atomic E-state index is 0.117. The molecule has 2 rings (SSSR count). The third-order valence-electron chi connectivity index (χ3n) is 2.22. The SMILES string of the molecule is O=CNC1CCCn2ccnc21. The molecule has 4 heteroatoms. The van der Waals surface area contributed by atoms with Crippen LogP contribution in [-0.4, -0.2) is 16.0 Å². The average molecular weight is 165 g/mol. The molecule has 0 radical (unpaired) electrons. The van der Waals surface area contributed by atoms with Gasteiger partial charge >= 0.3 is 0 Å². The summed E-state index contributed by atoms with van der Waals surface area (Å²) in [5.41, 5.74) is 0. The van der Waals surface area contributed by atoms with Crippen LogP contribution in [0.1, 0.15) is 24.7 Å². The lowest BCUT2D eigenvalue weighted by atomic mass is 10.1. The summed E-state index contributed by atoms with van der Waals surface area (Å²) in [5, 5.41) is 2.76. The summed E-state index contributed by atoms with van der Waals surface area (Å²) in [6, 6.07) is 0.117. The number of imidazole rings is 1. The molecule has 1 unspecified atom stereocenters. The minimum Gasteiger partial charge on any atom is -0.349 e. The second-order valence-corrected chi connectivity index (χ2v) is 2.96. The summed E-state index contributed by atoms with van der Waals surface area (Å²) in [6.45, 7) is 1.02. The van der Waals surface area contributed by atoms with Crippen molar-refractivity contribution < 1.29 is 4.79 Å². The van der Waals surface area contributed by atoms with E-state index in [9.17, 15) is 4.79 Å². The van der Waals surface area contributed by atoms with E-state index in [0.29, 0.717) is 0 Å². The van der Waals surface area contributed by atoms with Crippen molar-refractivity contribution in [2.45, 2.75) is 25.4 Å². The van der Waals surface area contributed by atoms with Gasteiger partial charge in [-0.3, -0.25) is 4.79 Å². The number of hydrogen-bond acceptors (Lipinski definition) is 2. The number of hydrogen-bond donors (Lipinski definition) is 1. The van der Waals surface area contributed by atoms with Crippen LogP contribution in [-0.2, 0) is 11.3 Å². The molecule has 1 N–H and O–H groups in total. The summed E-state index contributed by atoms with van der Waals surface area (Å²) < 4.78 is 2.09. The molecule has 1 amide bonds. The van der Waals surface area contributed by atoms with Crippen LogP contribution in [0.3, 0.4) is 0 Å². The van der Waals surface area contributed by atoms with Crippen molar-refractivity contribution in [3.05, 3.63) is 18.2 Å². The Morgan fingerprint density at radius 1 is 1.75 bits per heavy atom. The van der Waals surface area contributed by atoms with Gasteiger partial charge in [-0.2, -0.15) is 0 Å². The highest BCUT2D eigenvalue weighted by Crippen LogP contribution is 2.22. The molecule has 1 atom stereocenters. The Hall–Kier alpha value is -1.32. The molecule has 1 aromatic rings. The molecule has 0 aromatic carbocycles. The van der Waals surface area contributed by atoms with Crippen molar-refractivity contribution in [3.8, 4) is 0 Å². The zero-order valence-corrected chi connectivity index (χ0v) is 6.73.